The van der Waals surface area contributed by atoms with Crippen molar-refractivity contribution in [2.24, 2.45) is 0 Å². The van der Waals surface area contributed by atoms with Gasteiger partial charge in [-0.25, -0.2) is 9.37 Å². The Morgan fingerprint density at radius 1 is 1.26 bits per heavy atom. The molecule has 3 rings (SSSR count). The predicted molar refractivity (Wildman–Crippen MR) is 88.7 cm³/mol. The summed E-state index contributed by atoms with van der Waals surface area (Å²) in [4.78, 5) is 18.6. The minimum absolute atomic E-state index is 0.0694. The van der Waals surface area contributed by atoms with E-state index >= 15 is 0 Å². The van der Waals surface area contributed by atoms with Gasteiger partial charge in [0.25, 0.3) is 5.91 Å². The zero-order valence-corrected chi connectivity index (χ0v) is 13.1. The Hall–Kier alpha value is -2.18. The second-order valence-electron chi connectivity index (χ2n) is 5.19. The van der Waals surface area contributed by atoms with Crippen molar-refractivity contribution in [3.05, 3.63) is 52.9 Å². The second-order valence-corrected chi connectivity index (χ2v) is 5.60. The molecule has 1 aliphatic heterocycles. The van der Waals surface area contributed by atoms with Crippen LogP contribution in [0.15, 0.2) is 36.5 Å². The summed E-state index contributed by atoms with van der Waals surface area (Å²) in [5, 5.41) is 5.92. The van der Waals surface area contributed by atoms with Crippen molar-refractivity contribution in [2.45, 2.75) is 0 Å². The number of benzene rings is 1. The van der Waals surface area contributed by atoms with Crippen LogP contribution < -0.4 is 15.5 Å². The standard InChI is InChI=1S/C16H16ClFN4O/c17-12-2-1-3-13(18)15(12)16(23)21-14-5-4-11(10-20-14)22-8-6-19-7-9-22/h1-5,10,19H,6-9H2,(H,20,21,23). The number of carbonyl (C=O) groups is 1. The number of hydrogen-bond donors (Lipinski definition) is 2. The van der Waals surface area contributed by atoms with Gasteiger partial charge in [-0.2, -0.15) is 0 Å². The van der Waals surface area contributed by atoms with Crippen LogP contribution in [0.1, 0.15) is 10.4 Å². The average Bonchev–Trinajstić information content (AvgIpc) is 2.56. The maximum absolute atomic E-state index is 13.7. The third-order valence-electron chi connectivity index (χ3n) is 3.66. The number of hydrogen-bond acceptors (Lipinski definition) is 4. The van der Waals surface area contributed by atoms with Gasteiger partial charge in [-0.15, -0.1) is 0 Å². The molecule has 2 heterocycles. The number of anilines is 2. The maximum atomic E-state index is 13.7. The van der Waals surface area contributed by atoms with Crippen molar-refractivity contribution in [1.82, 2.24) is 10.3 Å². The molecule has 1 aliphatic rings. The van der Waals surface area contributed by atoms with Crippen LogP contribution in [-0.4, -0.2) is 37.1 Å². The minimum Gasteiger partial charge on any atom is -0.368 e. The molecule has 0 bridgehead atoms. The molecule has 0 radical (unpaired) electrons. The molecule has 7 heteroatoms. The van der Waals surface area contributed by atoms with Crippen LogP contribution in [0.3, 0.4) is 0 Å². The number of nitrogens with zero attached hydrogens (tertiary/aromatic N) is 2. The van der Waals surface area contributed by atoms with Gasteiger partial charge in [0.15, 0.2) is 0 Å². The number of nitrogens with one attached hydrogen (secondary N) is 2. The van der Waals surface area contributed by atoms with E-state index in [0.29, 0.717) is 5.82 Å². The summed E-state index contributed by atoms with van der Waals surface area (Å²) in [5.41, 5.74) is 0.815. The largest absolute Gasteiger partial charge is 0.368 e. The summed E-state index contributed by atoms with van der Waals surface area (Å²) in [6, 6.07) is 7.71. The molecule has 0 unspecified atom stereocenters. The molecule has 1 saturated heterocycles. The Morgan fingerprint density at radius 3 is 2.70 bits per heavy atom. The third-order valence-corrected chi connectivity index (χ3v) is 3.98. The number of rotatable bonds is 3. The molecule has 1 amide bonds. The fourth-order valence-electron chi connectivity index (χ4n) is 2.46. The summed E-state index contributed by atoms with van der Waals surface area (Å²) >= 11 is 5.88. The van der Waals surface area contributed by atoms with E-state index in [2.05, 4.69) is 20.5 Å². The summed E-state index contributed by atoms with van der Waals surface area (Å²) in [7, 11) is 0. The first-order valence-electron chi connectivity index (χ1n) is 7.32. The number of piperazine rings is 1. The van der Waals surface area contributed by atoms with Crippen LogP contribution in [0.25, 0.3) is 0 Å². The normalized spacial score (nSPS) is 14.6. The van der Waals surface area contributed by atoms with E-state index in [1.165, 1.54) is 18.2 Å². The predicted octanol–water partition coefficient (Wildman–Crippen LogP) is 2.54. The van der Waals surface area contributed by atoms with E-state index in [0.717, 1.165) is 31.9 Å². The molecule has 0 atom stereocenters. The molecule has 5 nitrogen and oxygen atoms in total. The van der Waals surface area contributed by atoms with Crippen molar-refractivity contribution in [2.75, 3.05) is 36.4 Å². The van der Waals surface area contributed by atoms with Gasteiger partial charge < -0.3 is 15.5 Å². The lowest BCUT2D eigenvalue weighted by molar-refractivity contribution is 0.102. The number of carbonyl (C=O) groups excluding carboxylic acids is 1. The monoisotopic (exact) mass is 334 g/mol. The molecule has 2 N–H and O–H groups in total. The fourth-order valence-corrected chi connectivity index (χ4v) is 2.71. The maximum Gasteiger partial charge on any atom is 0.261 e. The highest BCUT2D eigenvalue weighted by molar-refractivity contribution is 6.34. The summed E-state index contributed by atoms with van der Waals surface area (Å²) in [6.45, 7) is 3.70. The molecular formula is C16H16ClFN4O. The van der Waals surface area contributed by atoms with Gasteiger partial charge in [0.05, 0.1) is 22.5 Å². The van der Waals surface area contributed by atoms with E-state index < -0.39 is 11.7 Å². The van der Waals surface area contributed by atoms with E-state index in [-0.39, 0.29) is 10.6 Å². The Bertz CT molecular complexity index is 681. The zero-order valence-electron chi connectivity index (χ0n) is 12.4. The lowest BCUT2D eigenvalue weighted by Gasteiger charge is -2.29. The highest BCUT2D eigenvalue weighted by atomic mass is 35.5. The highest BCUT2D eigenvalue weighted by Crippen LogP contribution is 2.21. The van der Waals surface area contributed by atoms with Crippen molar-refractivity contribution in [3.8, 4) is 0 Å². The molecule has 2 aromatic rings. The summed E-state index contributed by atoms with van der Waals surface area (Å²) < 4.78 is 13.7. The molecule has 23 heavy (non-hydrogen) atoms. The smallest absolute Gasteiger partial charge is 0.261 e. The first-order chi connectivity index (χ1) is 11.1. The minimum atomic E-state index is -0.660. The Labute approximate surface area is 138 Å². The van der Waals surface area contributed by atoms with E-state index in [1.54, 1.807) is 12.3 Å². The van der Waals surface area contributed by atoms with E-state index in [1.807, 2.05) is 6.07 Å². The van der Waals surface area contributed by atoms with Gasteiger partial charge in [0, 0.05) is 26.2 Å². The van der Waals surface area contributed by atoms with Gasteiger partial charge in [0.1, 0.15) is 11.6 Å². The van der Waals surface area contributed by atoms with Crippen LogP contribution in [0.5, 0.6) is 0 Å². The van der Waals surface area contributed by atoms with E-state index in [9.17, 15) is 9.18 Å². The summed E-state index contributed by atoms with van der Waals surface area (Å²) in [6.07, 6.45) is 1.70. The molecule has 120 valence electrons. The van der Waals surface area contributed by atoms with Crippen LogP contribution in [-0.2, 0) is 0 Å². The number of aromatic nitrogens is 1. The number of halogens is 2. The van der Waals surface area contributed by atoms with Crippen LogP contribution in [0, 0.1) is 5.82 Å². The molecule has 1 aromatic carbocycles. The van der Waals surface area contributed by atoms with Crippen molar-refractivity contribution in [3.63, 3.8) is 0 Å². The van der Waals surface area contributed by atoms with Crippen molar-refractivity contribution >= 4 is 29.0 Å². The molecule has 0 spiro atoms. The average molecular weight is 335 g/mol. The Balaban J connectivity index is 1.72. The van der Waals surface area contributed by atoms with Gasteiger partial charge in [-0.1, -0.05) is 17.7 Å². The molecule has 1 fully saturated rings. The number of pyridine rings is 1. The summed E-state index contributed by atoms with van der Waals surface area (Å²) in [5.74, 6) is -0.920. The highest BCUT2D eigenvalue weighted by Gasteiger charge is 2.16. The van der Waals surface area contributed by atoms with Crippen molar-refractivity contribution < 1.29 is 9.18 Å². The van der Waals surface area contributed by atoms with Crippen LogP contribution >= 0.6 is 11.6 Å². The van der Waals surface area contributed by atoms with Gasteiger partial charge in [-0.3, -0.25) is 4.79 Å². The molecule has 1 aromatic heterocycles. The molecule has 0 saturated carbocycles. The lowest BCUT2D eigenvalue weighted by Crippen LogP contribution is -2.43. The fraction of sp³-hybridized carbons (Fsp3) is 0.250. The number of amides is 1. The molecular weight excluding hydrogens is 319 g/mol. The zero-order chi connectivity index (χ0) is 16.2. The van der Waals surface area contributed by atoms with Gasteiger partial charge in [0.2, 0.25) is 0 Å². The van der Waals surface area contributed by atoms with Crippen molar-refractivity contribution in [1.29, 1.82) is 0 Å². The Kier molecular flexibility index (Phi) is 4.73. The first-order valence-corrected chi connectivity index (χ1v) is 7.70. The second kappa shape index (κ2) is 6.93. The quantitative estimate of drug-likeness (QED) is 0.905. The lowest BCUT2D eigenvalue weighted by atomic mass is 10.2. The van der Waals surface area contributed by atoms with Gasteiger partial charge in [-0.05, 0) is 24.3 Å². The first kappa shape index (κ1) is 15.7. The Morgan fingerprint density at radius 2 is 2.04 bits per heavy atom. The SMILES string of the molecule is O=C(Nc1ccc(N2CCNCC2)cn1)c1c(F)cccc1Cl. The van der Waals surface area contributed by atoms with Crippen LogP contribution in [0.4, 0.5) is 15.9 Å². The molecule has 0 aliphatic carbocycles. The third kappa shape index (κ3) is 3.60. The topological polar surface area (TPSA) is 57.3 Å². The van der Waals surface area contributed by atoms with Gasteiger partial charge >= 0.3 is 0 Å². The van der Waals surface area contributed by atoms with Crippen LogP contribution in [0.2, 0.25) is 5.02 Å². The van der Waals surface area contributed by atoms with E-state index in [4.69, 9.17) is 11.6 Å².